The van der Waals surface area contributed by atoms with E-state index < -0.39 is 0 Å². The Kier molecular flexibility index (Phi) is 6.51. The predicted octanol–water partition coefficient (Wildman–Crippen LogP) is 2.97. The van der Waals surface area contributed by atoms with Crippen molar-refractivity contribution in [2.45, 2.75) is 44.8 Å². The fraction of sp³-hybridized carbons (Fsp3) is 0.478. The molecular formula is C23H26N4O4S2. The second-order valence-electron chi connectivity index (χ2n) is 8.51. The summed E-state index contributed by atoms with van der Waals surface area (Å²) < 4.78 is 13.4. The molecule has 0 saturated carbocycles. The Morgan fingerprint density at radius 1 is 1.24 bits per heavy atom. The average Bonchev–Trinajstić information content (AvgIpc) is 3.55. The number of thioether (sulfide) groups is 1. The number of aryl methyl sites for hydroxylation is 1. The van der Waals surface area contributed by atoms with E-state index in [0.717, 1.165) is 37.9 Å². The fourth-order valence-electron chi connectivity index (χ4n) is 4.37. The molecule has 3 aliphatic heterocycles. The number of carbonyl (C=O) groups excluding carboxylic acids is 1. The molecule has 10 heteroatoms. The third-order valence-electron chi connectivity index (χ3n) is 6.16. The summed E-state index contributed by atoms with van der Waals surface area (Å²) in [6.45, 7) is 4.38. The fourth-order valence-corrected chi connectivity index (χ4v) is 5.63. The smallest absolute Gasteiger partial charge is 0.267 e. The van der Waals surface area contributed by atoms with E-state index in [2.05, 4.69) is 5.32 Å². The number of rotatable bonds is 6. The lowest BCUT2D eigenvalue weighted by Gasteiger charge is -2.18. The molecule has 0 spiro atoms. The number of thiocarbonyl (C=S) groups is 1. The van der Waals surface area contributed by atoms with Crippen molar-refractivity contribution < 1.29 is 14.3 Å². The lowest BCUT2D eigenvalue weighted by atomic mass is 10.2. The van der Waals surface area contributed by atoms with Gasteiger partial charge in [-0.05, 0) is 50.3 Å². The summed E-state index contributed by atoms with van der Waals surface area (Å²) in [7, 11) is 0. The molecule has 5 rings (SSSR count). The first kappa shape index (κ1) is 22.5. The van der Waals surface area contributed by atoms with E-state index >= 15 is 0 Å². The second kappa shape index (κ2) is 9.54. The van der Waals surface area contributed by atoms with Crippen LogP contribution in [-0.2, 0) is 14.3 Å². The predicted molar refractivity (Wildman–Crippen MR) is 133 cm³/mol. The van der Waals surface area contributed by atoms with Crippen LogP contribution in [0.1, 0.15) is 36.8 Å². The molecular weight excluding hydrogens is 460 g/mol. The number of pyridine rings is 1. The first-order valence-corrected chi connectivity index (χ1v) is 12.5. The molecule has 174 valence electrons. The zero-order valence-electron chi connectivity index (χ0n) is 18.4. The Balaban J connectivity index is 1.50. The lowest BCUT2D eigenvalue weighted by molar-refractivity contribution is -0.123. The molecule has 2 aromatic rings. The first-order chi connectivity index (χ1) is 16.0. The number of nitrogens with zero attached hydrogens (tertiary/aromatic N) is 3. The van der Waals surface area contributed by atoms with Crippen molar-refractivity contribution in [1.82, 2.24) is 14.3 Å². The van der Waals surface area contributed by atoms with Gasteiger partial charge in [-0.25, -0.2) is 4.98 Å². The van der Waals surface area contributed by atoms with Crippen LogP contribution in [0.15, 0.2) is 28.0 Å². The van der Waals surface area contributed by atoms with Crippen molar-refractivity contribution in [2.24, 2.45) is 0 Å². The molecule has 1 amide bonds. The highest BCUT2D eigenvalue weighted by Gasteiger charge is 2.35. The molecule has 2 aromatic heterocycles. The number of amides is 1. The van der Waals surface area contributed by atoms with Crippen LogP contribution in [0.4, 0.5) is 5.82 Å². The van der Waals surface area contributed by atoms with Gasteiger partial charge in [0.2, 0.25) is 0 Å². The molecule has 3 saturated heterocycles. The van der Waals surface area contributed by atoms with Gasteiger partial charge in [-0.15, -0.1) is 0 Å². The summed E-state index contributed by atoms with van der Waals surface area (Å²) in [5, 5.41) is 3.30. The number of nitrogens with one attached hydrogen (secondary N) is 1. The Hall–Kier alpha value is -2.27. The van der Waals surface area contributed by atoms with E-state index in [1.54, 1.807) is 17.2 Å². The Morgan fingerprint density at radius 3 is 2.73 bits per heavy atom. The molecule has 0 unspecified atom stereocenters. The molecule has 0 aromatic carbocycles. The quantitative estimate of drug-likeness (QED) is 0.493. The molecule has 0 bridgehead atoms. The maximum Gasteiger partial charge on any atom is 0.267 e. The van der Waals surface area contributed by atoms with Crippen LogP contribution in [0.25, 0.3) is 11.7 Å². The monoisotopic (exact) mass is 486 g/mol. The zero-order chi connectivity index (χ0) is 22.9. The molecule has 3 aliphatic rings. The van der Waals surface area contributed by atoms with E-state index in [1.807, 2.05) is 19.1 Å². The standard InChI is InChI=1S/C23H26N4O4S2/c1-14-5-2-8-26-20(14)25-19(24-12-15-6-3-9-30-15)17(21(26)28)11-18-22(29)27(23(32)33-18)13-16-7-4-10-31-16/h2,5,8,11,15-16,24H,3-4,6-7,9-10,12-13H2,1H3/b18-11-/t15-,16+/m0/s1. The highest BCUT2D eigenvalue weighted by Crippen LogP contribution is 2.34. The third kappa shape index (κ3) is 4.57. The number of hydrogen-bond acceptors (Lipinski definition) is 8. The van der Waals surface area contributed by atoms with Crippen LogP contribution >= 0.6 is 24.0 Å². The SMILES string of the molecule is Cc1cccn2c(=O)c(/C=C3\SC(=S)N(C[C@H]4CCCO4)C3=O)c(NC[C@@H]3CCCO3)nc12. The van der Waals surface area contributed by atoms with E-state index in [-0.39, 0.29) is 23.7 Å². The van der Waals surface area contributed by atoms with Gasteiger partial charge < -0.3 is 14.8 Å². The second-order valence-corrected chi connectivity index (χ2v) is 10.2. The summed E-state index contributed by atoms with van der Waals surface area (Å²) in [6, 6.07) is 3.73. The summed E-state index contributed by atoms with van der Waals surface area (Å²) in [4.78, 5) is 33.3. The Morgan fingerprint density at radius 2 is 2.00 bits per heavy atom. The summed E-state index contributed by atoms with van der Waals surface area (Å²) in [6.07, 6.45) is 7.32. The summed E-state index contributed by atoms with van der Waals surface area (Å²) in [5.41, 5.74) is 1.58. The van der Waals surface area contributed by atoms with Gasteiger partial charge in [0, 0.05) is 26.0 Å². The van der Waals surface area contributed by atoms with Crippen molar-refractivity contribution >= 4 is 51.7 Å². The molecule has 33 heavy (non-hydrogen) atoms. The highest BCUT2D eigenvalue weighted by atomic mass is 32.2. The molecule has 0 radical (unpaired) electrons. The minimum absolute atomic E-state index is 0.00595. The molecule has 5 heterocycles. The molecule has 3 fully saturated rings. The minimum Gasteiger partial charge on any atom is -0.376 e. The van der Waals surface area contributed by atoms with Crippen molar-refractivity contribution in [3.8, 4) is 0 Å². The molecule has 8 nitrogen and oxygen atoms in total. The van der Waals surface area contributed by atoms with Gasteiger partial charge in [0.05, 0.1) is 29.2 Å². The van der Waals surface area contributed by atoms with Crippen molar-refractivity contribution in [2.75, 3.05) is 31.6 Å². The highest BCUT2D eigenvalue weighted by molar-refractivity contribution is 8.26. The Labute approximate surface area is 201 Å². The van der Waals surface area contributed by atoms with Gasteiger partial charge in [0.15, 0.2) is 0 Å². The van der Waals surface area contributed by atoms with Gasteiger partial charge in [-0.2, -0.15) is 0 Å². The van der Waals surface area contributed by atoms with Crippen LogP contribution in [0, 0.1) is 6.92 Å². The zero-order valence-corrected chi connectivity index (χ0v) is 20.0. The van der Waals surface area contributed by atoms with Crippen LogP contribution < -0.4 is 10.9 Å². The summed E-state index contributed by atoms with van der Waals surface area (Å²) >= 11 is 6.68. The number of hydrogen-bond donors (Lipinski definition) is 1. The van der Waals surface area contributed by atoms with E-state index in [4.69, 9.17) is 26.7 Å². The van der Waals surface area contributed by atoms with Gasteiger partial charge in [-0.3, -0.25) is 18.9 Å². The van der Waals surface area contributed by atoms with E-state index in [9.17, 15) is 9.59 Å². The number of fused-ring (bicyclic) bond motifs is 1. The molecule has 0 aliphatic carbocycles. The summed E-state index contributed by atoms with van der Waals surface area (Å²) in [5.74, 6) is 0.258. The van der Waals surface area contributed by atoms with Crippen LogP contribution in [0.5, 0.6) is 0 Å². The number of anilines is 1. The van der Waals surface area contributed by atoms with Crippen LogP contribution in [-0.4, -0.2) is 63.0 Å². The lowest BCUT2D eigenvalue weighted by Crippen LogP contribution is -2.35. The van der Waals surface area contributed by atoms with Gasteiger partial charge >= 0.3 is 0 Å². The van der Waals surface area contributed by atoms with Crippen LogP contribution in [0.2, 0.25) is 0 Å². The average molecular weight is 487 g/mol. The number of carbonyl (C=O) groups is 1. The van der Waals surface area contributed by atoms with Gasteiger partial charge in [0.25, 0.3) is 11.5 Å². The van der Waals surface area contributed by atoms with Gasteiger partial charge in [0.1, 0.15) is 15.8 Å². The van der Waals surface area contributed by atoms with E-state index in [1.165, 1.54) is 16.2 Å². The largest absolute Gasteiger partial charge is 0.376 e. The molecule has 1 N–H and O–H groups in total. The number of ether oxygens (including phenoxy) is 2. The Bertz CT molecular complexity index is 1180. The maximum atomic E-state index is 13.5. The van der Waals surface area contributed by atoms with E-state index in [0.29, 0.717) is 46.0 Å². The van der Waals surface area contributed by atoms with Crippen LogP contribution in [0.3, 0.4) is 0 Å². The number of aromatic nitrogens is 2. The van der Waals surface area contributed by atoms with Gasteiger partial charge in [-0.1, -0.05) is 30.0 Å². The van der Waals surface area contributed by atoms with Crippen molar-refractivity contribution in [1.29, 1.82) is 0 Å². The van der Waals surface area contributed by atoms with Crippen molar-refractivity contribution in [3.63, 3.8) is 0 Å². The molecule has 2 atom stereocenters. The third-order valence-corrected chi connectivity index (χ3v) is 7.54. The first-order valence-electron chi connectivity index (χ1n) is 11.3. The topological polar surface area (TPSA) is 85.2 Å². The minimum atomic E-state index is -0.233. The maximum absolute atomic E-state index is 13.5. The normalized spacial score (nSPS) is 24.5. The van der Waals surface area contributed by atoms with Crippen molar-refractivity contribution in [3.05, 3.63) is 44.7 Å².